The van der Waals surface area contributed by atoms with E-state index in [9.17, 15) is 13.2 Å². The van der Waals surface area contributed by atoms with E-state index in [0.29, 0.717) is 18.7 Å². The van der Waals surface area contributed by atoms with Crippen molar-refractivity contribution in [1.82, 2.24) is 19.4 Å². The van der Waals surface area contributed by atoms with Crippen molar-refractivity contribution in [2.75, 3.05) is 6.54 Å². The van der Waals surface area contributed by atoms with Gasteiger partial charge in [0.15, 0.2) is 5.76 Å². The van der Waals surface area contributed by atoms with Crippen molar-refractivity contribution in [3.05, 3.63) is 46.2 Å². The van der Waals surface area contributed by atoms with Gasteiger partial charge in [-0.2, -0.15) is 0 Å². The fraction of sp³-hybridized carbons (Fsp3) is 0.333. The van der Waals surface area contributed by atoms with Crippen molar-refractivity contribution in [3.8, 4) is 0 Å². The molecule has 9 heteroatoms. The molecule has 0 aliphatic rings. The molecule has 0 saturated heterocycles. The van der Waals surface area contributed by atoms with Crippen LogP contribution in [-0.4, -0.2) is 29.7 Å². The molecule has 0 amide bonds. The minimum atomic E-state index is -3.67. The minimum Gasteiger partial charge on any atom is -0.360 e. The van der Waals surface area contributed by atoms with Crippen LogP contribution in [0.4, 0.5) is 0 Å². The summed E-state index contributed by atoms with van der Waals surface area (Å²) in [7, 11) is -3.67. The van der Waals surface area contributed by atoms with Gasteiger partial charge in [0.2, 0.25) is 10.0 Å². The number of fused-ring (bicyclic) bond motifs is 1. The van der Waals surface area contributed by atoms with Gasteiger partial charge in [-0.1, -0.05) is 17.3 Å². The van der Waals surface area contributed by atoms with Crippen molar-refractivity contribution in [2.24, 2.45) is 0 Å². The number of aromatic nitrogens is 3. The fourth-order valence-electron chi connectivity index (χ4n) is 2.70. The smallest absolute Gasteiger partial charge is 0.326 e. The maximum Gasteiger partial charge on any atom is 0.326 e. The predicted molar refractivity (Wildman–Crippen MR) is 88.3 cm³/mol. The summed E-state index contributed by atoms with van der Waals surface area (Å²) in [6.07, 6.45) is 0.477. The molecule has 3 rings (SSSR count). The summed E-state index contributed by atoms with van der Waals surface area (Å²) in [4.78, 5) is 14.8. The van der Waals surface area contributed by atoms with Crippen LogP contribution in [0.5, 0.6) is 0 Å². The quantitative estimate of drug-likeness (QED) is 0.651. The Morgan fingerprint density at radius 2 is 2.04 bits per heavy atom. The number of H-pyrrole nitrogens is 1. The van der Waals surface area contributed by atoms with E-state index in [4.69, 9.17) is 4.52 Å². The van der Waals surface area contributed by atoms with Gasteiger partial charge in [-0.3, -0.25) is 4.57 Å². The molecule has 8 nitrogen and oxygen atoms in total. The second-order valence-electron chi connectivity index (χ2n) is 5.50. The molecule has 1 aromatic carbocycles. The number of aryl methyl sites for hydroxylation is 3. The van der Waals surface area contributed by atoms with Gasteiger partial charge in [0, 0.05) is 13.1 Å². The topological polar surface area (TPSA) is 110 Å². The van der Waals surface area contributed by atoms with Gasteiger partial charge < -0.3 is 9.51 Å². The van der Waals surface area contributed by atoms with E-state index in [0.717, 1.165) is 11.0 Å². The lowest BCUT2D eigenvalue weighted by Crippen LogP contribution is -2.27. The predicted octanol–water partition coefficient (Wildman–Crippen LogP) is 1.30. The monoisotopic (exact) mass is 350 g/mol. The van der Waals surface area contributed by atoms with Gasteiger partial charge in [0.05, 0.1) is 11.0 Å². The van der Waals surface area contributed by atoms with Crippen molar-refractivity contribution >= 4 is 21.1 Å². The molecule has 24 heavy (non-hydrogen) atoms. The molecule has 0 aliphatic heterocycles. The summed E-state index contributed by atoms with van der Waals surface area (Å²) < 4.78 is 33.6. The number of nitrogens with one attached hydrogen (secondary N) is 2. The first-order valence-electron chi connectivity index (χ1n) is 7.50. The highest BCUT2D eigenvalue weighted by Gasteiger charge is 2.23. The Kier molecular flexibility index (Phi) is 4.29. The van der Waals surface area contributed by atoms with E-state index < -0.39 is 10.0 Å². The lowest BCUT2D eigenvalue weighted by Gasteiger charge is -2.07. The van der Waals surface area contributed by atoms with E-state index in [1.54, 1.807) is 18.4 Å². The van der Waals surface area contributed by atoms with Crippen LogP contribution in [0.15, 0.2) is 38.5 Å². The molecule has 0 spiro atoms. The number of sulfonamides is 1. The van der Waals surface area contributed by atoms with Crippen LogP contribution >= 0.6 is 0 Å². The first-order chi connectivity index (χ1) is 11.4. The highest BCUT2D eigenvalue weighted by Crippen LogP contribution is 2.18. The SMILES string of the molecule is Cc1noc(C)c1S(=O)(=O)NCCCn1c(=O)[nH]c2ccccc21. The molecule has 0 fully saturated rings. The third-order valence-electron chi connectivity index (χ3n) is 3.77. The number of para-hydroxylation sites is 2. The van der Waals surface area contributed by atoms with Gasteiger partial charge in [-0.25, -0.2) is 17.9 Å². The van der Waals surface area contributed by atoms with Crippen LogP contribution in [0.2, 0.25) is 0 Å². The first-order valence-corrected chi connectivity index (χ1v) is 8.98. The van der Waals surface area contributed by atoms with Gasteiger partial charge in [-0.05, 0) is 32.4 Å². The van der Waals surface area contributed by atoms with Crippen LogP contribution < -0.4 is 10.4 Å². The molecular formula is C15H18N4O4S. The maximum absolute atomic E-state index is 12.3. The zero-order valence-electron chi connectivity index (χ0n) is 13.4. The normalized spacial score (nSPS) is 12.1. The number of hydrogen-bond donors (Lipinski definition) is 2. The molecule has 0 radical (unpaired) electrons. The summed E-state index contributed by atoms with van der Waals surface area (Å²) in [6, 6.07) is 7.38. The zero-order chi connectivity index (χ0) is 17.3. The van der Waals surface area contributed by atoms with Crippen molar-refractivity contribution in [1.29, 1.82) is 0 Å². The first kappa shape index (κ1) is 16.5. The molecular weight excluding hydrogens is 332 g/mol. The molecule has 3 aromatic rings. The van der Waals surface area contributed by atoms with Gasteiger partial charge in [0.1, 0.15) is 10.6 Å². The van der Waals surface area contributed by atoms with Crippen LogP contribution in [0, 0.1) is 13.8 Å². The highest BCUT2D eigenvalue weighted by molar-refractivity contribution is 7.89. The van der Waals surface area contributed by atoms with E-state index in [1.807, 2.05) is 24.3 Å². The Morgan fingerprint density at radius 3 is 2.75 bits per heavy atom. The molecule has 0 atom stereocenters. The summed E-state index contributed by atoms with van der Waals surface area (Å²) in [6.45, 7) is 3.75. The molecule has 0 aliphatic carbocycles. The van der Waals surface area contributed by atoms with Crippen molar-refractivity contribution in [3.63, 3.8) is 0 Å². The Labute approximate surface area is 138 Å². The third-order valence-corrected chi connectivity index (χ3v) is 5.47. The lowest BCUT2D eigenvalue weighted by atomic mass is 10.3. The Hall–Kier alpha value is -2.39. The Morgan fingerprint density at radius 1 is 1.29 bits per heavy atom. The van der Waals surface area contributed by atoms with Crippen LogP contribution in [0.3, 0.4) is 0 Å². The van der Waals surface area contributed by atoms with Crippen LogP contribution in [0.25, 0.3) is 11.0 Å². The lowest BCUT2D eigenvalue weighted by molar-refractivity contribution is 0.390. The average Bonchev–Trinajstić information content (AvgIpc) is 3.03. The van der Waals surface area contributed by atoms with Gasteiger partial charge in [0.25, 0.3) is 0 Å². The number of nitrogens with zero attached hydrogens (tertiary/aromatic N) is 2. The standard InChI is InChI=1S/C15H18N4O4S/c1-10-14(11(2)23-18-10)24(21,22)16-8-5-9-19-13-7-4-3-6-12(13)17-15(19)20/h3-4,6-7,16H,5,8-9H2,1-2H3,(H,17,20). The van der Waals surface area contributed by atoms with Gasteiger partial charge >= 0.3 is 5.69 Å². The van der Waals surface area contributed by atoms with E-state index in [1.165, 1.54) is 0 Å². The second-order valence-corrected chi connectivity index (χ2v) is 7.21. The Balaban J connectivity index is 1.67. The second kappa shape index (κ2) is 6.25. The zero-order valence-corrected chi connectivity index (χ0v) is 14.2. The molecule has 128 valence electrons. The number of rotatable bonds is 6. The molecule has 0 bridgehead atoms. The largest absolute Gasteiger partial charge is 0.360 e. The number of hydrogen-bond acceptors (Lipinski definition) is 5. The van der Waals surface area contributed by atoms with E-state index in [2.05, 4.69) is 14.9 Å². The number of aromatic amines is 1. The van der Waals surface area contributed by atoms with Crippen LogP contribution in [0.1, 0.15) is 17.9 Å². The Bertz CT molecular complexity index is 1010. The third kappa shape index (κ3) is 3.00. The summed E-state index contributed by atoms with van der Waals surface area (Å²) in [5.74, 6) is 0.257. The van der Waals surface area contributed by atoms with Gasteiger partial charge in [-0.15, -0.1) is 0 Å². The fourth-order valence-corrected chi connectivity index (χ4v) is 4.10. The highest BCUT2D eigenvalue weighted by atomic mass is 32.2. The maximum atomic E-state index is 12.3. The van der Waals surface area contributed by atoms with Crippen molar-refractivity contribution in [2.45, 2.75) is 31.7 Å². The average molecular weight is 350 g/mol. The van der Waals surface area contributed by atoms with Crippen LogP contribution in [-0.2, 0) is 16.6 Å². The number of benzene rings is 1. The summed E-state index contributed by atoms with van der Waals surface area (Å²) in [5, 5.41) is 3.65. The molecule has 2 aromatic heterocycles. The molecule has 0 unspecified atom stereocenters. The molecule has 2 heterocycles. The minimum absolute atomic E-state index is 0.0757. The molecule has 2 N–H and O–H groups in total. The number of imidazole rings is 1. The summed E-state index contributed by atoms with van der Waals surface area (Å²) in [5.41, 5.74) is 1.69. The van der Waals surface area contributed by atoms with E-state index >= 15 is 0 Å². The van der Waals surface area contributed by atoms with E-state index in [-0.39, 0.29) is 22.9 Å². The summed E-state index contributed by atoms with van der Waals surface area (Å²) >= 11 is 0. The van der Waals surface area contributed by atoms with Crippen molar-refractivity contribution < 1.29 is 12.9 Å². The molecule has 0 saturated carbocycles.